The van der Waals surface area contributed by atoms with Crippen LogP contribution in [0.3, 0.4) is 0 Å². The molecule has 0 amide bonds. The van der Waals surface area contributed by atoms with Crippen molar-refractivity contribution < 1.29 is 9.90 Å². The fourth-order valence-corrected chi connectivity index (χ4v) is 3.75. The van der Waals surface area contributed by atoms with Crippen molar-refractivity contribution in [2.75, 3.05) is 5.75 Å². The Balaban J connectivity index is 2.05. The molecule has 14 heavy (non-hydrogen) atoms. The summed E-state index contributed by atoms with van der Waals surface area (Å²) in [7, 11) is 0. The highest BCUT2D eigenvalue weighted by atomic mass is 35.5. The molecule has 1 aliphatic rings. The summed E-state index contributed by atoms with van der Waals surface area (Å²) in [5.41, 5.74) is 0. The van der Waals surface area contributed by atoms with Crippen molar-refractivity contribution in [1.82, 2.24) is 5.32 Å². The van der Waals surface area contributed by atoms with Crippen LogP contribution < -0.4 is 5.32 Å². The SMILES string of the molecule is O=C(O)[C@H]1CSC(c2cc(Cl)cs2)N1. The highest BCUT2D eigenvalue weighted by Gasteiger charge is 2.30. The molecule has 0 aliphatic carbocycles. The first-order valence-electron chi connectivity index (χ1n) is 4.01. The molecular weight excluding hydrogens is 242 g/mol. The van der Waals surface area contributed by atoms with Crippen LogP contribution in [0.1, 0.15) is 10.3 Å². The number of hydrogen-bond acceptors (Lipinski definition) is 4. The van der Waals surface area contributed by atoms with Crippen molar-refractivity contribution in [3.63, 3.8) is 0 Å². The van der Waals surface area contributed by atoms with Crippen LogP contribution >= 0.6 is 34.7 Å². The molecule has 6 heteroatoms. The molecule has 1 saturated heterocycles. The summed E-state index contributed by atoms with van der Waals surface area (Å²) in [4.78, 5) is 11.8. The van der Waals surface area contributed by atoms with E-state index in [1.807, 2.05) is 11.4 Å². The van der Waals surface area contributed by atoms with Gasteiger partial charge in [0.2, 0.25) is 0 Å². The Morgan fingerprint density at radius 3 is 3.00 bits per heavy atom. The highest BCUT2D eigenvalue weighted by Crippen LogP contribution is 2.37. The number of carboxylic acid groups (broad SMARTS) is 1. The Hall–Kier alpha value is -0.230. The van der Waals surface area contributed by atoms with Crippen molar-refractivity contribution in [2.24, 2.45) is 0 Å². The Bertz CT molecular complexity index is 355. The van der Waals surface area contributed by atoms with Crippen LogP contribution in [0.4, 0.5) is 0 Å². The lowest BCUT2D eigenvalue weighted by molar-refractivity contribution is -0.138. The van der Waals surface area contributed by atoms with E-state index in [-0.39, 0.29) is 5.37 Å². The maximum absolute atomic E-state index is 10.7. The molecule has 1 aromatic heterocycles. The van der Waals surface area contributed by atoms with Gasteiger partial charge in [-0.15, -0.1) is 23.1 Å². The maximum Gasteiger partial charge on any atom is 0.321 e. The van der Waals surface area contributed by atoms with Gasteiger partial charge < -0.3 is 5.11 Å². The zero-order valence-corrected chi connectivity index (χ0v) is 9.46. The van der Waals surface area contributed by atoms with Gasteiger partial charge in [0.05, 0.1) is 10.4 Å². The second-order valence-corrected chi connectivity index (χ2v) is 5.46. The van der Waals surface area contributed by atoms with Crippen molar-refractivity contribution in [3.8, 4) is 0 Å². The lowest BCUT2D eigenvalue weighted by Crippen LogP contribution is -2.33. The topological polar surface area (TPSA) is 49.3 Å². The summed E-state index contributed by atoms with van der Waals surface area (Å²) in [6, 6.07) is 1.44. The molecule has 3 nitrogen and oxygen atoms in total. The summed E-state index contributed by atoms with van der Waals surface area (Å²) in [6.07, 6.45) is 0. The van der Waals surface area contributed by atoms with Gasteiger partial charge in [-0.25, -0.2) is 0 Å². The predicted octanol–water partition coefficient (Wildman–Crippen LogP) is 2.19. The van der Waals surface area contributed by atoms with Crippen molar-refractivity contribution in [2.45, 2.75) is 11.4 Å². The Kier molecular flexibility index (Phi) is 3.02. The number of carboxylic acids is 1. The molecule has 1 aliphatic heterocycles. The lowest BCUT2D eigenvalue weighted by atomic mass is 10.3. The molecular formula is C8H8ClNO2S2. The summed E-state index contributed by atoms with van der Waals surface area (Å²) >= 11 is 8.95. The maximum atomic E-state index is 10.7. The zero-order valence-electron chi connectivity index (χ0n) is 7.07. The minimum absolute atomic E-state index is 0.0774. The Labute approximate surface area is 94.5 Å². The van der Waals surface area contributed by atoms with Gasteiger partial charge in [0.25, 0.3) is 0 Å². The third-order valence-electron chi connectivity index (χ3n) is 1.93. The van der Waals surface area contributed by atoms with Gasteiger partial charge in [-0.1, -0.05) is 11.6 Å². The highest BCUT2D eigenvalue weighted by molar-refractivity contribution is 7.99. The van der Waals surface area contributed by atoms with Crippen molar-refractivity contribution in [1.29, 1.82) is 0 Å². The number of rotatable bonds is 2. The summed E-state index contributed by atoms with van der Waals surface area (Å²) in [6.45, 7) is 0. The van der Waals surface area contributed by atoms with E-state index in [9.17, 15) is 4.79 Å². The number of thioether (sulfide) groups is 1. The minimum Gasteiger partial charge on any atom is -0.480 e. The average molecular weight is 250 g/mol. The minimum atomic E-state index is -0.789. The first-order valence-corrected chi connectivity index (χ1v) is 6.32. The normalized spacial score (nSPS) is 26.6. The van der Waals surface area contributed by atoms with Gasteiger partial charge in [0.1, 0.15) is 6.04 Å². The van der Waals surface area contributed by atoms with Crippen LogP contribution in [0.25, 0.3) is 0 Å². The fraction of sp³-hybridized carbons (Fsp3) is 0.375. The van der Waals surface area contributed by atoms with E-state index in [0.29, 0.717) is 10.8 Å². The predicted molar refractivity (Wildman–Crippen MR) is 59.1 cm³/mol. The van der Waals surface area contributed by atoms with Gasteiger partial charge in [-0.2, -0.15) is 0 Å². The molecule has 76 valence electrons. The number of aliphatic carboxylic acids is 1. The Morgan fingerprint density at radius 1 is 1.71 bits per heavy atom. The molecule has 2 rings (SSSR count). The zero-order chi connectivity index (χ0) is 10.1. The molecule has 0 aromatic carbocycles. The summed E-state index contributed by atoms with van der Waals surface area (Å²) in [5, 5.41) is 14.5. The number of halogens is 1. The van der Waals surface area contributed by atoms with E-state index in [1.165, 1.54) is 0 Å². The van der Waals surface area contributed by atoms with Crippen LogP contribution in [-0.2, 0) is 4.79 Å². The van der Waals surface area contributed by atoms with Gasteiger partial charge in [-0.05, 0) is 6.07 Å². The molecule has 1 fully saturated rings. The van der Waals surface area contributed by atoms with Gasteiger partial charge in [0, 0.05) is 16.0 Å². The first kappa shape index (κ1) is 10.3. The fourth-order valence-electron chi connectivity index (χ4n) is 1.24. The summed E-state index contributed by atoms with van der Waals surface area (Å²) < 4.78 is 0. The van der Waals surface area contributed by atoms with E-state index in [1.54, 1.807) is 23.1 Å². The molecule has 2 heterocycles. The molecule has 2 N–H and O–H groups in total. The molecule has 0 bridgehead atoms. The third-order valence-corrected chi connectivity index (χ3v) is 4.67. The Morgan fingerprint density at radius 2 is 2.50 bits per heavy atom. The van der Waals surface area contributed by atoms with Crippen LogP contribution in [0.2, 0.25) is 5.02 Å². The average Bonchev–Trinajstić information content (AvgIpc) is 2.70. The number of thiophene rings is 1. The third kappa shape index (κ3) is 2.06. The van der Waals surface area contributed by atoms with E-state index in [2.05, 4.69) is 5.32 Å². The second-order valence-electron chi connectivity index (χ2n) is 2.94. The number of hydrogen-bond donors (Lipinski definition) is 2. The number of nitrogens with one attached hydrogen (secondary N) is 1. The standard InChI is InChI=1S/C8H8ClNO2S2/c9-4-1-6(13-2-4)7-10-5(3-14-7)8(11)12/h1-2,5,7,10H,3H2,(H,11,12)/t5-,7?/m1/s1. The van der Waals surface area contributed by atoms with Crippen LogP contribution in [0.15, 0.2) is 11.4 Å². The summed E-state index contributed by atoms with van der Waals surface area (Å²) in [5.74, 6) is -0.183. The molecule has 2 atom stereocenters. The van der Waals surface area contributed by atoms with E-state index in [4.69, 9.17) is 16.7 Å². The van der Waals surface area contributed by atoms with E-state index < -0.39 is 12.0 Å². The molecule has 0 saturated carbocycles. The van der Waals surface area contributed by atoms with Crippen LogP contribution in [0.5, 0.6) is 0 Å². The first-order chi connectivity index (χ1) is 6.66. The number of carbonyl (C=O) groups is 1. The van der Waals surface area contributed by atoms with Gasteiger partial charge in [0.15, 0.2) is 0 Å². The molecule has 1 unspecified atom stereocenters. The van der Waals surface area contributed by atoms with E-state index in [0.717, 1.165) is 4.88 Å². The molecule has 0 radical (unpaired) electrons. The lowest BCUT2D eigenvalue weighted by Gasteiger charge is -2.07. The smallest absolute Gasteiger partial charge is 0.321 e. The van der Waals surface area contributed by atoms with Crippen molar-refractivity contribution in [3.05, 3.63) is 21.3 Å². The van der Waals surface area contributed by atoms with Crippen LogP contribution in [-0.4, -0.2) is 22.9 Å². The molecule has 0 spiro atoms. The van der Waals surface area contributed by atoms with Crippen LogP contribution in [0, 0.1) is 0 Å². The largest absolute Gasteiger partial charge is 0.480 e. The second kappa shape index (κ2) is 4.10. The van der Waals surface area contributed by atoms with Gasteiger partial charge >= 0.3 is 5.97 Å². The monoisotopic (exact) mass is 249 g/mol. The van der Waals surface area contributed by atoms with Crippen molar-refractivity contribution >= 4 is 40.7 Å². The molecule has 1 aromatic rings. The van der Waals surface area contributed by atoms with Gasteiger partial charge in [-0.3, -0.25) is 10.1 Å². The van der Waals surface area contributed by atoms with E-state index >= 15 is 0 Å². The quantitative estimate of drug-likeness (QED) is 0.844.